The maximum Gasteiger partial charge on any atom is 0.325 e. The number of carbonyl (C=O) groups excluding carboxylic acids is 2. The number of nitrogens with one attached hydrogen (secondary N) is 1. The number of rotatable bonds is 3. The number of likely N-dealkylation sites (tertiary alicyclic amines) is 1. The minimum atomic E-state index is -0.710. The fourth-order valence-corrected chi connectivity index (χ4v) is 2.63. The maximum atomic E-state index is 12.3. The van der Waals surface area contributed by atoms with Gasteiger partial charge in [-0.1, -0.05) is 6.92 Å². The molecule has 0 aromatic rings. The molecule has 6 nitrogen and oxygen atoms in total. The molecule has 0 unspecified atom stereocenters. The molecule has 2 heterocycles. The van der Waals surface area contributed by atoms with Crippen molar-refractivity contribution >= 4 is 11.9 Å². The molecule has 0 saturated carbocycles. The number of nitrogens with zero attached hydrogens (tertiary/aromatic N) is 3. The van der Waals surface area contributed by atoms with Crippen LogP contribution in [0.25, 0.3) is 0 Å². The van der Waals surface area contributed by atoms with E-state index in [2.05, 4.69) is 17.1 Å². The van der Waals surface area contributed by atoms with Crippen molar-refractivity contribution in [3.63, 3.8) is 0 Å². The van der Waals surface area contributed by atoms with Crippen molar-refractivity contribution in [2.45, 2.75) is 31.7 Å². The van der Waals surface area contributed by atoms with E-state index in [9.17, 15) is 9.59 Å². The van der Waals surface area contributed by atoms with Gasteiger partial charge in [-0.05, 0) is 19.4 Å². The highest BCUT2D eigenvalue weighted by molar-refractivity contribution is 6.07. The minimum absolute atomic E-state index is 0.154. The second kappa shape index (κ2) is 4.94. The van der Waals surface area contributed by atoms with Gasteiger partial charge in [0.15, 0.2) is 0 Å². The van der Waals surface area contributed by atoms with Crippen LogP contribution in [0, 0.1) is 11.3 Å². The first-order chi connectivity index (χ1) is 8.63. The van der Waals surface area contributed by atoms with E-state index in [4.69, 9.17) is 5.26 Å². The molecule has 6 heteroatoms. The Morgan fingerprint density at radius 3 is 2.61 bits per heavy atom. The summed E-state index contributed by atoms with van der Waals surface area (Å²) in [4.78, 5) is 27.5. The first kappa shape index (κ1) is 12.8. The van der Waals surface area contributed by atoms with E-state index in [0.717, 1.165) is 19.6 Å². The molecular formula is C12H18N4O2. The molecule has 0 aliphatic carbocycles. The van der Waals surface area contributed by atoms with Crippen molar-refractivity contribution in [2.24, 2.45) is 0 Å². The van der Waals surface area contributed by atoms with Crippen molar-refractivity contribution in [3.05, 3.63) is 0 Å². The monoisotopic (exact) mass is 250 g/mol. The van der Waals surface area contributed by atoms with Gasteiger partial charge in [-0.15, -0.1) is 0 Å². The molecule has 2 rings (SSSR count). The highest BCUT2D eigenvalue weighted by Crippen LogP contribution is 2.29. The van der Waals surface area contributed by atoms with Crippen molar-refractivity contribution in [3.8, 4) is 6.07 Å². The fraction of sp³-hybridized carbons (Fsp3) is 0.750. The zero-order chi connectivity index (χ0) is 13.2. The number of hydrogen-bond acceptors (Lipinski definition) is 4. The van der Waals surface area contributed by atoms with Crippen LogP contribution in [0.1, 0.15) is 26.2 Å². The zero-order valence-corrected chi connectivity index (χ0v) is 10.6. The molecule has 2 aliphatic rings. The largest absolute Gasteiger partial charge is 0.325 e. The molecule has 2 saturated heterocycles. The van der Waals surface area contributed by atoms with Crippen molar-refractivity contribution in [1.82, 2.24) is 15.1 Å². The van der Waals surface area contributed by atoms with E-state index < -0.39 is 5.54 Å². The van der Waals surface area contributed by atoms with E-state index in [1.165, 1.54) is 4.90 Å². The summed E-state index contributed by atoms with van der Waals surface area (Å²) in [6.07, 6.45) is 1.51. The lowest BCUT2D eigenvalue weighted by molar-refractivity contribution is -0.132. The standard InChI is InChI=1S/C12H18N4O2/c1-2-15-8-4-12(5-9-15)10(17)16(7-3-6-13)11(18)14-12/h2-5,7-9H2,1H3,(H,14,18). The number of piperidine rings is 1. The average Bonchev–Trinajstić information content (AvgIpc) is 2.60. The van der Waals surface area contributed by atoms with Gasteiger partial charge in [0.25, 0.3) is 5.91 Å². The third kappa shape index (κ3) is 2.06. The lowest BCUT2D eigenvalue weighted by atomic mass is 9.87. The molecule has 1 N–H and O–H groups in total. The number of carbonyl (C=O) groups is 2. The number of urea groups is 1. The van der Waals surface area contributed by atoms with Crippen LogP contribution in [-0.4, -0.2) is 53.5 Å². The fourth-order valence-electron chi connectivity index (χ4n) is 2.63. The number of imide groups is 1. The topological polar surface area (TPSA) is 76.4 Å². The van der Waals surface area contributed by atoms with E-state index >= 15 is 0 Å². The quantitative estimate of drug-likeness (QED) is 0.731. The molecule has 0 bridgehead atoms. The van der Waals surface area contributed by atoms with Gasteiger partial charge in [0, 0.05) is 19.6 Å². The Kier molecular flexibility index (Phi) is 3.53. The number of hydrogen-bond donors (Lipinski definition) is 1. The highest BCUT2D eigenvalue weighted by atomic mass is 16.2. The van der Waals surface area contributed by atoms with Crippen LogP contribution in [0.15, 0.2) is 0 Å². The van der Waals surface area contributed by atoms with Gasteiger partial charge in [0.1, 0.15) is 5.54 Å². The number of nitriles is 1. The molecular weight excluding hydrogens is 232 g/mol. The van der Waals surface area contributed by atoms with Gasteiger partial charge in [-0.25, -0.2) is 4.79 Å². The minimum Gasteiger partial charge on any atom is -0.323 e. The summed E-state index contributed by atoms with van der Waals surface area (Å²) < 4.78 is 0. The average molecular weight is 250 g/mol. The highest BCUT2D eigenvalue weighted by Gasteiger charge is 2.51. The molecule has 0 atom stereocenters. The van der Waals surface area contributed by atoms with Crippen LogP contribution in [0.5, 0.6) is 0 Å². The molecule has 2 aliphatic heterocycles. The van der Waals surface area contributed by atoms with Crippen LogP contribution in [-0.2, 0) is 4.79 Å². The normalized spacial score (nSPS) is 23.2. The molecule has 0 radical (unpaired) electrons. The third-order valence-electron chi connectivity index (χ3n) is 3.85. The molecule has 18 heavy (non-hydrogen) atoms. The summed E-state index contributed by atoms with van der Waals surface area (Å²) in [5.41, 5.74) is -0.710. The number of amides is 3. The summed E-state index contributed by atoms with van der Waals surface area (Å²) in [6, 6.07) is 1.61. The van der Waals surface area contributed by atoms with E-state index in [1.807, 2.05) is 6.07 Å². The van der Waals surface area contributed by atoms with Crippen LogP contribution in [0.4, 0.5) is 4.79 Å². The third-order valence-corrected chi connectivity index (χ3v) is 3.85. The predicted molar refractivity (Wildman–Crippen MR) is 64.6 cm³/mol. The first-order valence-corrected chi connectivity index (χ1v) is 6.36. The second-order valence-electron chi connectivity index (χ2n) is 4.81. The smallest absolute Gasteiger partial charge is 0.323 e. The van der Waals surface area contributed by atoms with Gasteiger partial charge >= 0.3 is 6.03 Å². The zero-order valence-electron chi connectivity index (χ0n) is 10.6. The Morgan fingerprint density at radius 1 is 1.39 bits per heavy atom. The van der Waals surface area contributed by atoms with Gasteiger partial charge in [-0.2, -0.15) is 5.26 Å². The van der Waals surface area contributed by atoms with Crippen molar-refractivity contribution in [2.75, 3.05) is 26.2 Å². The van der Waals surface area contributed by atoms with Gasteiger partial charge < -0.3 is 10.2 Å². The lowest BCUT2D eigenvalue weighted by Gasteiger charge is -2.36. The molecule has 0 aromatic heterocycles. The van der Waals surface area contributed by atoms with Gasteiger partial charge in [0.2, 0.25) is 0 Å². The molecule has 1 spiro atoms. The van der Waals surface area contributed by atoms with E-state index in [0.29, 0.717) is 12.8 Å². The van der Waals surface area contributed by atoms with Gasteiger partial charge in [-0.3, -0.25) is 9.69 Å². The Hall–Kier alpha value is -1.61. The van der Waals surface area contributed by atoms with E-state index in [1.54, 1.807) is 0 Å². The van der Waals surface area contributed by atoms with Crippen molar-refractivity contribution < 1.29 is 9.59 Å². The van der Waals surface area contributed by atoms with Crippen LogP contribution in [0.2, 0.25) is 0 Å². The Labute approximate surface area is 107 Å². The summed E-state index contributed by atoms with van der Waals surface area (Å²) in [5, 5.41) is 11.4. The Bertz CT molecular complexity index is 393. The van der Waals surface area contributed by atoms with Gasteiger partial charge in [0.05, 0.1) is 12.5 Å². The summed E-state index contributed by atoms with van der Waals surface area (Å²) in [5.74, 6) is -0.154. The summed E-state index contributed by atoms with van der Waals surface area (Å²) in [6.45, 7) is 4.91. The second-order valence-corrected chi connectivity index (χ2v) is 4.81. The molecule has 98 valence electrons. The van der Waals surface area contributed by atoms with Crippen LogP contribution >= 0.6 is 0 Å². The van der Waals surface area contributed by atoms with Crippen LogP contribution in [0.3, 0.4) is 0 Å². The summed E-state index contributed by atoms with van der Waals surface area (Å²) in [7, 11) is 0. The lowest BCUT2D eigenvalue weighted by Crippen LogP contribution is -2.54. The molecule has 3 amide bonds. The Balaban J connectivity index is 2.06. The predicted octanol–water partition coefficient (Wildman–Crippen LogP) is 0.306. The SMILES string of the molecule is CCN1CCC2(CC1)NC(=O)N(CCC#N)C2=O. The first-order valence-electron chi connectivity index (χ1n) is 6.36. The summed E-state index contributed by atoms with van der Waals surface area (Å²) >= 11 is 0. The molecule has 0 aromatic carbocycles. The maximum absolute atomic E-state index is 12.3. The Morgan fingerprint density at radius 2 is 2.06 bits per heavy atom. The van der Waals surface area contributed by atoms with E-state index in [-0.39, 0.29) is 24.9 Å². The van der Waals surface area contributed by atoms with Crippen molar-refractivity contribution in [1.29, 1.82) is 5.26 Å². The molecule has 2 fully saturated rings. The van der Waals surface area contributed by atoms with Crippen LogP contribution < -0.4 is 5.32 Å².